The minimum atomic E-state index is 0.404. The van der Waals surface area contributed by atoms with E-state index in [2.05, 4.69) is 26.0 Å². The molecule has 0 unspecified atom stereocenters. The third-order valence-corrected chi connectivity index (χ3v) is 1.31. The molecule has 0 radical (unpaired) electrons. The number of rotatable bonds is 5. The fourth-order valence-corrected chi connectivity index (χ4v) is 0.891. The van der Waals surface area contributed by atoms with E-state index in [0.717, 1.165) is 5.33 Å². The molecule has 0 fully saturated rings. The normalized spacial score (nSPS) is 11.4. The van der Waals surface area contributed by atoms with Gasteiger partial charge < -0.3 is 10.0 Å². The van der Waals surface area contributed by atoms with Crippen molar-refractivity contribution in [2.75, 3.05) is 25.5 Å². The minimum Gasteiger partial charge on any atom is -0.569 e. The quantitative estimate of drug-likeness (QED) is 0.305. The van der Waals surface area contributed by atoms with Crippen molar-refractivity contribution in [3.63, 3.8) is 0 Å². The third kappa shape index (κ3) is 4.83. The van der Waals surface area contributed by atoms with Gasteiger partial charge in [0.2, 0.25) is 5.28 Å². The highest BCUT2D eigenvalue weighted by Crippen LogP contribution is 1.89. The average molecular weight is 226 g/mol. The highest BCUT2D eigenvalue weighted by molar-refractivity contribution is 9.09. The molecule has 0 aliphatic carbocycles. The SMILES string of the molecule is CCO/N=[N+](\[O-])N(C)CCBr. The largest absolute Gasteiger partial charge is 0.569 e. The van der Waals surface area contributed by atoms with Gasteiger partial charge in [0, 0.05) is 5.33 Å². The van der Waals surface area contributed by atoms with E-state index in [-0.39, 0.29) is 0 Å². The summed E-state index contributed by atoms with van der Waals surface area (Å²) >= 11 is 3.20. The van der Waals surface area contributed by atoms with Gasteiger partial charge in [0.15, 0.2) is 0 Å². The molecule has 0 aromatic rings. The summed E-state index contributed by atoms with van der Waals surface area (Å²) in [6.07, 6.45) is 0. The first kappa shape index (κ1) is 10.5. The maximum atomic E-state index is 10.8. The molecule has 0 aliphatic heterocycles. The van der Waals surface area contributed by atoms with Crippen LogP contribution in [0.4, 0.5) is 0 Å². The molecule has 11 heavy (non-hydrogen) atoms. The molecule has 0 amide bonds. The van der Waals surface area contributed by atoms with Crippen molar-refractivity contribution in [2.45, 2.75) is 6.92 Å². The van der Waals surface area contributed by atoms with Gasteiger partial charge in [-0.25, -0.2) is 0 Å². The van der Waals surface area contributed by atoms with Gasteiger partial charge in [-0.2, -0.15) is 0 Å². The van der Waals surface area contributed by atoms with Crippen LogP contribution in [0.25, 0.3) is 0 Å². The van der Waals surface area contributed by atoms with Crippen LogP contribution in [0.5, 0.6) is 0 Å². The Morgan fingerprint density at radius 1 is 1.73 bits per heavy atom. The van der Waals surface area contributed by atoms with E-state index in [1.165, 1.54) is 5.01 Å². The molecule has 0 atom stereocenters. The molecular weight excluding hydrogens is 214 g/mol. The van der Waals surface area contributed by atoms with Crippen LogP contribution in [0.2, 0.25) is 0 Å². The van der Waals surface area contributed by atoms with E-state index in [0.29, 0.717) is 18.1 Å². The summed E-state index contributed by atoms with van der Waals surface area (Å²) in [5, 5.41) is 16.2. The number of nitrogens with zero attached hydrogens (tertiary/aromatic N) is 3. The van der Waals surface area contributed by atoms with Gasteiger partial charge >= 0.3 is 0 Å². The van der Waals surface area contributed by atoms with Gasteiger partial charge in [0.05, 0.1) is 18.6 Å². The second-order valence-corrected chi connectivity index (χ2v) is 2.62. The van der Waals surface area contributed by atoms with E-state index in [1.54, 1.807) is 14.0 Å². The van der Waals surface area contributed by atoms with Gasteiger partial charge in [0.1, 0.15) is 6.61 Å². The monoisotopic (exact) mass is 225 g/mol. The Bertz CT molecular complexity index is 131. The molecule has 0 aromatic heterocycles. The minimum absolute atomic E-state index is 0.404. The number of alkyl halides is 1. The molecule has 5 nitrogen and oxygen atoms in total. The summed E-state index contributed by atoms with van der Waals surface area (Å²) in [7, 11) is 1.64. The van der Waals surface area contributed by atoms with Gasteiger partial charge in [-0.3, -0.25) is 0 Å². The zero-order chi connectivity index (χ0) is 8.69. The zero-order valence-electron chi connectivity index (χ0n) is 6.66. The van der Waals surface area contributed by atoms with Crippen molar-refractivity contribution in [3.8, 4) is 0 Å². The number of hydrazine groups is 1. The van der Waals surface area contributed by atoms with Crippen LogP contribution < -0.4 is 0 Å². The second-order valence-electron chi connectivity index (χ2n) is 1.82. The fraction of sp³-hybridized carbons (Fsp3) is 1.00. The highest BCUT2D eigenvalue weighted by Gasteiger charge is 2.03. The van der Waals surface area contributed by atoms with Crippen LogP contribution in [0.1, 0.15) is 6.92 Å². The molecule has 0 spiro atoms. The van der Waals surface area contributed by atoms with E-state index >= 15 is 0 Å². The Labute approximate surface area is 74.3 Å². The molecule has 0 rings (SSSR count). The molecule has 0 saturated carbocycles. The zero-order valence-corrected chi connectivity index (χ0v) is 8.24. The van der Waals surface area contributed by atoms with Crippen LogP contribution in [0.3, 0.4) is 0 Å². The Morgan fingerprint density at radius 2 is 2.36 bits per heavy atom. The van der Waals surface area contributed by atoms with Crippen LogP contribution in [-0.4, -0.2) is 35.5 Å². The van der Waals surface area contributed by atoms with Gasteiger partial charge in [0.25, 0.3) is 0 Å². The van der Waals surface area contributed by atoms with E-state index in [1.807, 2.05) is 0 Å². The predicted octanol–water partition coefficient (Wildman–Crippen LogP) is 1.14. The first-order valence-electron chi connectivity index (χ1n) is 3.29. The van der Waals surface area contributed by atoms with Crippen molar-refractivity contribution in [3.05, 3.63) is 5.21 Å². The number of hydrogen-bond donors (Lipinski definition) is 0. The maximum absolute atomic E-state index is 10.8. The first-order chi connectivity index (χ1) is 5.22. The molecule has 0 N–H and O–H groups in total. The molecule has 0 saturated heterocycles. The molecule has 0 heterocycles. The van der Waals surface area contributed by atoms with E-state index in [4.69, 9.17) is 0 Å². The highest BCUT2D eigenvalue weighted by atomic mass is 79.9. The lowest BCUT2D eigenvalue weighted by atomic mass is 10.7. The fourth-order valence-electron chi connectivity index (χ4n) is 0.377. The lowest BCUT2D eigenvalue weighted by Crippen LogP contribution is -2.28. The molecule has 6 heteroatoms. The van der Waals surface area contributed by atoms with Gasteiger partial charge in [-0.05, 0) is 6.92 Å². The Balaban J connectivity index is 3.69. The van der Waals surface area contributed by atoms with Crippen molar-refractivity contribution in [1.82, 2.24) is 5.01 Å². The Morgan fingerprint density at radius 3 is 2.82 bits per heavy atom. The van der Waals surface area contributed by atoms with E-state index in [9.17, 15) is 5.21 Å². The first-order valence-corrected chi connectivity index (χ1v) is 4.41. The van der Waals surface area contributed by atoms with E-state index < -0.39 is 0 Å². The maximum Gasteiger partial charge on any atom is 0.233 e. The standard InChI is InChI=1S/C5H12BrN3O2/c1-3-11-7-9(10)8(2)5-4-6/h3-5H2,1-2H3/b9-7-. The molecule has 0 aromatic carbocycles. The third-order valence-electron chi connectivity index (χ3n) is 0.957. The summed E-state index contributed by atoms with van der Waals surface area (Å²) in [6.45, 7) is 2.77. The smallest absolute Gasteiger partial charge is 0.233 e. The number of halogens is 1. The van der Waals surface area contributed by atoms with Crippen molar-refractivity contribution in [1.29, 1.82) is 0 Å². The van der Waals surface area contributed by atoms with Crippen LogP contribution in [0.15, 0.2) is 5.28 Å². The van der Waals surface area contributed by atoms with Crippen LogP contribution >= 0.6 is 15.9 Å². The van der Waals surface area contributed by atoms with Crippen molar-refractivity contribution >= 4 is 15.9 Å². The van der Waals surface area contributed by atoms with Gasteiger partial charge in [-0.15, -0.1) is 5.01 Å². The summed E-state index contributed by atoms with van der Waals surface area (Å²) in [6, 6.07) is 0. The predicted molar refractivity (Wildman–Crippen MR) is 44.1 cm³/mol. The molecular formula is C5H12BrN3O2. The topological polar surface area (TPSA) is 50.9 Å². The van der Waals surface area contributed by atoms with Crippen LogP contribution in [-0.2, 0) is 4.84 Å². The molecule has 0 aliphatic rings. The molecule has 66 valence electrons. The average Bonchev–Trinajstić information content (AvgIpc) is 2.00. The van der Waals surface area contributed by atoms with Crippen molar-refractivity contribution < 1.29 is 9.81 Å². The Kier molecular flexibility index (Phi) is 5.91. The van der Waals surface area contributed by atoms with Gasteiger partial charge in [-0.1, -0.05) is 15.9 Å². The van der Waals surface area contributed by atoms with Crippen LogP contribution in [0, 0.1) is 5.21 Å². The summed E-state index contributed by atoms with van der Waals surface area (Å²) in [5.41, 5.74) is 0. The number of hydrogen-bond acceptors (Lipinski definition) is 3. The summed E-state index contributed by atoms with van der Waals surface area (Å²) in [4.78, 5) is 4.97. The Hall–Kier alpha value is -0.520. The van der Waals surface area contributed by atoms with Crippen molar-refractivity contribution in [2.24, 2.45) is 5.28 Å². The lowest BCUT2D eigenvalue weighted by molar-refractivity contribution is -0.704. The second kappa shape index (κ2) is 6.21. The summed E-state index contributed by atoms with van der Waals surface area (Å²) < 4.78 is 0. The lowest BCUT2D eigenvalue weighted by Gasteiger charge is -2.10. The summed E-state index contributed by atoms with van der Waals surface area (Å²) in [5.74, 6) is 0. The molecule has 0 bridgehead atoms.